The van der Waals surface area contributed by atoms with Crippen molar-refractivity contribution in [2.24, 2.45) is 0 Å². The Morgan fingerprint density at radius 1 is 1.03 bits per heavy atom. The maximum Gasteiger partial charge on any atom is 0.417 e. The zero-order valence-electron chi connectivity index (χ0n) is 18.8. The molecule has 1 heterocycles. The van der Waals surface area contributed by atoms with E-state index in [0.29, 0.717) is 32.0 Å². The Morgan fingerprint density at radius 2 is 1.70 bits per heavy atom. The van der Waals surface area contributed by atoms with Gasteiger partial charge in [0.1, 0.15) is 5.60 Å². The second kappa shape index (κ2) is 10.2. The number of esters is 1. The van der Waals surface area contributed by atoms with Crippen LogP contribution >= 0.6 is 0 Å². The first-order chi connectivity index (χ1) is 15.1. The van der Waals surface area contributed by atoms with Crippen LogP contribution in [0.4, 0.5) is 32.0 Å². The number of amides is 1. The Bertz CT molecular complexity index is 859. The van der Waals surface area contributed by atoms with Gasteiger partial charge >= 0.3 is 18.3 Å². The smallest absolute Gasteiger partial charge is 0.417 e. The molecule has 1 amide bonds. The molecule has 0 bridgehead atoms. The average Bonchev–Trinajstić information content (AvgIpc) is 2.85. The Labute approximate surface area is 188 Å². The zero-order valence-corrected chi connectivity index (χ0v) is 18.8. The number of benzene rings is 1. The first-order valence-electron chi connectivity index (χ1n) is 10.7. The molecule has 0 unspecified atom stereocenters. The van der Waals surface area contributed by atoms with Gasteiger partial charge in [-0.3, -0.25) is 4.79 Å². The minimum Gasteiger partial charge on any atom is -0.456 e. The third-order valence-corrected chi connectivity index (χ3v) is 4.99. The molecule has 0 radical (unpaired) electrons. The number of alkyl halides is 6. The summed E-state index contributed by atoms with van der Waals surface area (Å²) < 4.78 is 86.3. The van der Waals surface area contributed by atoms with E-state index >= 15 is 0 Å². The molecule has 1 N–H and O–H groups in total. The van der Waals surface area contributed by atoms with Crippen molar-refractivity contribution in [1.82, 2.24) is 4.90 Å². The van der Waals surface area contributed by atoms with Crippen molar-refractivity contribution in [3.05, 3.63) is 28.8 Å². The summed E-state index contributed by atoms with van der Waals surface area (Å²) in [7, 11) is 0. The monoisotopic (exact) mass is 482 g/mol. The van der Waals surface area contributed by atoms with Gasteiger partial charge in [-0.05, 0) is 52.2 Å². The van der Waals surface area contributed by atoms with Crippen LogP contribution < -0.4 is 5.32 Å². The first-order valence-corrected chi connectivity index (χ1v) is 10.7. The number of carbonyl (C=O) groups is 2. The van der Waals surface area contributed by atoms with Crippen molar-refractivity contribution >= 4 is 17.6 Å². The quantitative estimate of drug-likeness (QED) is 0.312. The van der Waals surface area contributed by atoms with Gasteiger partial charge in [-0.2, -0.15) is 26.3 Å². The van der Waals surface area contributed by atoms with E-state index < -0.39 is 46.3 Å². The van der Waals surface area contributed by atoms with E-state index in [0.717, 1.165) is 25.3 Å². The van der Waals surface area contributed by atoms with Gasteiger partial charge in [0.2, 0.25) is 5.91 Å². The van der Waals surface area contributed by atoms with Gasteiger partial charge in [-0.25, -0.2) is 4.79 Å². The Hall–Kier alpha value is -2.46. The van der Waals surface area contributed by atoms with Gasteiger partial charge in [-0.15, -0.1) is 0 Å². The standard InChI is InChI=1S/C22H28F6N2O3/c1-20(2,3)33-19(32)17-15(10-9-14(21(23,24)25)18(17)22(26,27)28)29-11-7-13-30-12-6-4-5-8-16(30)31/h9-10,29H,4-8,11-13H2,1-3H3. The number of rotatable bonds is 6. The maximum atomic E-state index is 13.7. The van der Waals surface area contributed by atoms with Crippen molar-refractivity contribution in [2.45, 2.75) is 70.8 Å². The molecule has 1 aliphatic rings. The number of anilines is 1. The predicted molar refractivity (Wildman–Crippen MR) is 110 cm³/mol. The minimum absolute atomic E-state index is 0.00386. The van der Waals surface area contributed by atoms with Crippen LogP contribution in [-0.4, -0.2) is 42.0 Å². The van der Waals surface area contributed by atoms with Crippen LogP contribution in [0.2, 0.25) is 0 Å². The molecule has 1 aliphatic heterocycles. The van der Waals surface area contributed by atoms with E-state index in [4.69, 9.17) is 4.74 Å². The van der Waals surface area contributed by atoms with Crippen LogP contribution in [0, 0.1) is 0 Å². The summed E-state index contributed by atoms with van der Waals surface area (Å²) in [6.07, 6.45) is -7.41. The SMILES string of the molecule is CC(C)(C)OC(=O)c1c(NCCCN2CCCCCC2=O)ccc(C(F)(F)F)c1C(F)(F)F. The lowest BCUT2D eigenvalue weighted by Gasteiger charge is -2.25. The topological polar surface area (TPSA) is 58.6 Å². The summed E-state index contributed by atoms with van der Waals surface area (Å²) in [5.41, 5.74) is -6.89. The molecule has 0 atom stereocenters. The summed E-state index contributed by atoms with van der Waals surface area (Å²) in [6.45, 7) is 5.17. The van der Waals surface area contributed by atoms with Gasteiger partial charge in [0.05, 0.1) is 16.7 Å². The summed E-state index contributed by atoms with van der Waals surface area (Å²) >= 11 is 0. The lowest BCUT2D eigenvalue weighted by molar-refractivity contribution is -0.162. The van der Waals surface area contributed by atoms with Crippen molar-refractivity contribution in [3.63, 3.8) is 0 Å². The summed E-state index contributed by atoms with van der Waals surface area (Å²) in [4.78, 5) is 26.3. The summed E-state index contributed by atoms with van der Waals surface area (Å²) in [6, 6.07) is 1.10. The third-order valence-electron chi connectivity index (χ3n) is 4.99. The van der Waals surface area contributed by atoms with Crippen LogP contribution in [0.3, 0.4) is 0 Å². The molecule has 2 rings (SSSR count). The molecule has 1 fully saturated rings. The fourth-order valence-electron chi connectivity index (χ4n) is 3.59. The van der Waals surface area contributed by atoms with Crippen molar-refractivity contribution in [1.29, 1.82) is 0 Å². The number of carbonyl (C=O) groups excluding carboxylic acids is 2. The zero-order chi connectivity index (χ0) is 25.0. The number of likely N-dealkylation sites (tertiary alicyclic amines) is 1. The molecule has 186 valence electrons. The van der Waals surface area contributed by atoms with Crippen LogP contribution in [0.5, 0.6) is 0 Å². The summed E-state index contributed by atoms with van der Waals surface area (Å²) in [5, 5.41) is 2.63. The van der Waals surface area contributed by atoms with Gasteiger partial charge in [0.15, 0.2) is 0 Å². The number of hydrogen-bond donors (Lipinski definition) is 1. The Kier molecular flexibility index (Phi) is 8.29. The molecule has 11 heteroatoms. The fourth-order valence-corrected chi connectivity index (χ4v) is 3.59. The number of ether oxygens (including phenoxy) is 1. The second-order valence-electron chi connectivity index (χ2n) is 8.88. The highest BCUT2D eigenvalue weighted by Gasteiger charge is 2.47. The Balaban J connectivity index is 2.34. The van der Waals surface area contributed by atoms with E-state index in [9.17, 15) is 35.9 Å². The van der Waals surface area contributed by atoms with Crippen LogP contribution in [0.25, 0.3) is 0 Å². The lowest BCUT2D eigenvalue weighted by Crippen LogP contribution is -2.32. The highest BCUT2D eigenvalue weighted by atomic mass is 19.4. The van der Waals surface area contributed by atoms with E-state index in [2.05, 4.69) is 5.32 Å². The molecule has 1 aromatic rings. The van der Waals surface area contributed by atoms with Gasteiger partial charge in [-0.1, -0.05) is 6.42 Å². The minimum atomic E-state index is -5.45. The highest BCUT2D eigenvalue weighted by molar-refractivity contribution is 5.98. The van der Waals surface area contributed by atoms with Crippen LogP contribution in [-0.2, 0) is 21.9 Å². The number of nitrogens with one attached hydrogen (secondary N) is 1. The van der Waals surface area contributed by atoms with Crippen molar-refractivity contribution in [2.75, 3.05) is 25.0 Å². The number of halogens is 6. The van der Waals surface area contributed by atoms with E-state index in [1.165, 1.54) is 20.8 Å². The molecule has 0 spiro atoms. The molecule has 1 saturated heterocycles. The molecule has 0 aliphatic carbocycles. The molecular weight excluding hydrogens is 454 g/mol. The predicted octanol–water partition coefficient (Wildman–Crippen LogP) is 5.88. The Morgan fingerprint density at radius 3 is 2.27 bits per heavy atom. The molecule has 0 aromatic heterocycles. The first kappa shape index (κ1) is 26.8. The van der Waals surface area contributed by atoms with Crippen LogP contribution in [0.15, 0.2) is 12.1 Å². The van der Waals surface area contributed by atoms with Crippen molar-refractivity contribution in [3.8, 4) is 0 Å². The van der Waals surface area contributed by atoms with Gasteiger partial charge in [0, 0.05) is 31.7 Å². The highest BCUT2D eigenvalue weighted by Crippen LogP contribution is 2.44. The molecule has 0 saturated carbocycles. The van der Waals surface area contributed by atoms with E-state index in [1.807, 2.05) is 0 Å². The third kappa shape index (κ3) is 7.53. The van der Waals surface area contributed by atoms with E-state index in [1.54, 1.807) is 4.90 Å². The molecular formula is C22H28F6N2O3. The van der Waals surface area contributed by atoms with E-state index in [-0.39, 0.29) is 12.5 Å². The maximum absolute atomic E-state index is 13.7. The lowest BCUT2D eigenvalue weighted by atomic mass is 9.97. The van der Waals surface area contributed by atoms with Gasteiger partial charge in [0.25, 0.3) is 0 Å². The summed E-state index contributed by atoms with van der Waals surface area (Å²) in [5.74, 6) is -1.51. The second-order valence-corrected chi connectivity index (χ2v) is 8.88. The fraction of sp³-hybridized carbons (Fsp3) is 0.636. The average molecular weight is 482 g/mol. The van der Waals surface area contributed by atoms with Crippen molar-refractivity contribution < 1.29 is 40.7 Å². The van der Waals surface area contributed by atoms with Crippen LogP contribution in [0.1, 0.15) is 74.4 Å². The number of hydrogen-bond acceptors (Lipinski definition) is 4. The normalized spacial score (nSPS) is 15.9. The van der Waals surface area contributed by atoms with Gasteiger partial charge < -0.3 is 15.0 Å². The largest absolute Gasteiger partial charge is 0.456 e. The molecule has 33 heavy (non-hydrogen) atoms. The molecule has 1 aromatic carbocycles. The molecule has 5 nitrogen and oxygen atoms in total. The number of nitrogens with zero attached hydrogens (tertiary/aromatic N) is 1.